The Balaban J connectivity index is 1.38. The summed E-state index contributed by atoms with van der Waals surface area (Å²) in [5.41, 5.74) is 5.72. The van der Waals surface area contributed by atoms with E-state index < -0.39 is 11.3 Å². The van der Waals surface area contributed by atoms with Gasteiger partial charge in [0.1, 0.15) is 12.1 Å². The second-order valence-corrected chi connectivity index (χ2v) is 7.88. The first-order valence-corrected chi connectivity index (χ1v) is 10.8. The summed E-state index contributed by atoms with van der Waals surface area (Å²) in [5, 5.41) is 11.7. The number of ether oxygens (including phenoxy) is 1. The molecule has 10 heteroatoms. The van der Waals surface area contributed by atoms with Crippen molar-refractivity contribution >= 4 is 22.9 Å². The van der Waals surface area contributed by atoms with Crippen molar-refractivity contribution in [1.82, 2.24) is 24.3 Å². The minimum absolute atomic E-state index is 0.242. The van der Waals surface area contributed by atoms with Crippen LogP contribution in [0, 0.1) is 0 Å². The van der Waals surface area contributed by atoms with Gasteiger partial charge in [0, 0.05) is 48.1 Å². The Morgan fingerprint density at radius 2 is 2.03 bits per heavy atom. The van der Waals surface area contributed by atoms with E-state index in [0.29, 0.717) is 18.1 Å². The molecule has 1 aliphatic heterocycles. The van der Waals surface area contributed by atoms with Gasteiger partial charge in [-0.1, -0.05) is 36.4 Å². The maximum atomic E-state index is 10.7. The Bertz CT molecular complexity index is 1260. The molecule has 0 amide bonds. The van der Waals surface area contributed by atoms with Crippen LogP contribution in [0.2, 0.25) is 0 Å². The Morgan fingerprint density at radius 3 is 2.87 bits per heavy atom. The van der Waals surface area contributed by atoms with Gasteiger partial charge in [-0.2, -0.15) is 0 Å². The Hall–Kier alpha value is -3.34. The Kier molecular flexibility index (Phi) is 5.33. The molecule has 2 aromatic heterocycles. The number of fused-ring (bicyclic) bond motifs is 2. The number of nitrogens with one attached hydrogen (secondary N) is 2. The van der Waals surface area contributed by atoms with Crippen molar-refractivity contribution in [2.24, 2.45) is 0 Å². The van der Waals surface area contributed by atoms with Gasteiger partial charge in [0.25, 0.3) is 0 Å². The molecule has 0 aliphatic carbocycles. The van der Waals surface area contributed by atoms with Gasteiger partial charge < -0.3 is 14.6 Å². The molecule has 2 aromatic carbocycles. The molecule has 1 unspecified atom stereocenters. The Labute approximate surface area is 180 Å². The fraction of sp³-hybridized carbons (Fsp3) is 0.190. The van der Waals surface area contributed by atoms with Crippen molar-refractivity contribution in [3.8, 4) is 16.9 Å². The second-order valence-electron chi connectivity index (χ2n) is 7.12. The van der Waals surface area contributed by atoms with E-state index in [1.54, 1.807) is 12.5 Å². The van der Waals surface area contributed by atoms with E-state index in [4.69, 9.17) is 4.74 Å². The van der Waals surface area contributed by atoms with Crippen LogP contribution in [0.1, 0.15) is 16.7 Å². The maximum absolute atomic E-state index is 10.7. The van der Waals surface area contributed by atoms with E-state index in [9.17, 15) is 8.76 Å². The summed E-state index contributed by atoms with van der Waals surface area (Å²) in [6.45, 7) is 1.58. The quantitative estimate of drug-likeness (QED) is 0.428. The highest BCUT2D eigenvalue weighted by atomic mass is 32.2. The van der Waals surface area contributed by atoms with Crippen molar-refractivity contribution in [2.75, 3.05) is 11.9 Å². The molecule has 3 heterocycles. The van der Waals surface area contributed by atoms with Crippen LogP contribution >= 0.6 is 0 Å². The van der Waals surface area contributed by atoms with Gasteiger partial charge in [0.05, 0.1) is 6.61 Å². The van der Waals surface area contributed by atoms with Crippen LogP contribution in [-0.2, 0) is 30.8 Å². The van der Waals surface area contributed by atoms with E-state index in [2.05, 4.69) is 31.3 Å². The van der Waals surface area contributed by atoms with E-state index >= 15 is 0 Å². The molecule has 0 bridgehead atoms. The molecule has 0 spiro atoms. The zero-order valence-electron chi connectivity index (χ0n) is 16.4. The van der Waals surface area contributed by atoms with E-state index in [1.165, 1.54) is 11.1 Å². The summed E-state index contributed by atoms with van der Waals surface area (Å²) >= 11 is -2.29. The highest BCUT2D eigenvalue weighted by Gasteiger charge is 2.16. The van der Waals surface area contributed by atoms with Gasteiger partial charge in [-0.25, -0.2) is 9.71 Å². The van der Waals surface area contributed by atoms with Crippen LogP contribution in [0.3, 0.4) is 0 Å². The number of hydrogen-bond acceptors (Lipinski definition) is 7. The van der Waals surface area contributed by atoms with Gasteiger partial charge in [0.15, 0.2) is 5.65 Å². The molecule has 0 fully saturated rings. The van der Waals surface area contributed by atoms with Gasteiger partial charge in [-0.05, 0) is 22.8 Å². The van der Waals surface area contributed by atoms with Crippen LogP contribution in [0.15, 0.2) is 55.0 Å². The zero-order valence-corrected chi connectivity index (χ0v) is 17.3. The third kappa shape index (κ3) is 4.00. The molecule has 31 heavy (non-hydrogen) atoms. The summed E-state index contributed by atoms with van der Waals surface area (Å²) in [7, 11) is 0. The lowest BCUT2D eigenvalue weighted by molar-refractivity contribution is 0.357. The largest absolute Gasteiger partial charge is 0.760 e. The van der Waals surface area contributed by atoms with Crippen LogP contribution < -0.4 is 14.8 Å². The van der Waals surface area contributed by atoms with Crippen molar-refractivity contribution < 1.29 is 13.5 Å². The lowest BCUT2D eigenvalue weighted by atomic mass is 10.1. The Morgan fingerprint density at radius 1 is 1.16 bits per heavy atom. The minimum atomic E-state index is -2.29. The summed E-state index contributed by atoms with van der Waals surface area (Å²) in [5.74, 6) is 1.61. The number of hydrogen-bond donors (Lipinski definition) is 2. The average molecular weight is 435 g/mol. The van der Waals surface area contributed by atoms with Crippen LogP contribution in [0.5, 0.6) is 5.75 Å². The summed E-state index contributed by atoms with van der Waals surface area (Å²) in [4.78, 5) is 4.59. The van der Waals surface area contributed by atoms with Crippen molar-refractivity contribution in [3.63, 3.8) is 0 Å². The minimum Gasteiger partial charge on any atom is -0.760 e. The monoisotopic (exact) mass is 435 g/mol. The maximum Gasteiger partial charge on any atom is 0.210 e. The summed E-state index contributed by atoms with van der Waals surface area (Å²) in [6.07, 6.45) is 4.32. The van der Waals surface area contributed by atoms with Gasteiger partial charge >= 0.3 is 0 Å². The number of aromatic nitrogens is 4. The molecular formula is C21H19N6O3S-. The van der Waals surface area contributed by atoms with Crippen LogP contribution in [0.25, 0.3) is 16.8 Å². The average Bonchev–Trinajstić information content (AvgIpc) is 3.46. The van der Waals surface area contributed by atoms with E-state index in [1.807, 2.05) is 40.8 Å². The summed E-state index contributed by atoms with van der Waals surface area (Å²) < 4.78 is 31.1. The number of rotatable bonds is 7. The van der Waals surface area contributed by atoms with E-state index in [-0.39, 0.29) is 6.54 Å². The highest BCUT2D eigenvalue weighted by Crippen LogP contribution is 2.29. The molecule has 5 rings (SSSR count). The molecule has 158 valence electrons. The smallest absolute Gasteiger partial charge is 0.210 e. The van der Waals surface area contributed by atoms with Crippen LogP contribution in [0.4, 0.5) is 5.95 Å². The first-order chi connectivity index (χ1) is 15.2. The first-order valence-electron chi connectivity index (χ1n) is 9.77. The second kappa shape index (κ2) is 8.42. The number of nitrogens with zero attached hydrogens (tertiary/aromatic N) is 4. The first kappa shape index (κ1) is 19.6. The van der Waals surface area contributed by atoms with Crippen LogP contribution in [-0.4, -0.2) is 35.0 Å². The summed E-state index contributed by atoms with van der Waals surface area (Å²) in [6, 6.07) is 13.7. The predicted octanol–water partition coefficient (Wildman–Crippen LogP) is 2.22. The van der Waals surface area contributed by atoms with Gasteiger partial charge in [-0.3, -0.25) is 8.61 Å². The van der Waals surface area contributed by atoms with Crippen molar-refractivity contribution in [1.29, 1.82) is 0 Å². The molecule has 9 nitrogen and oxygen atoms in total. The lowest BCUT2D eigenvalue weighted by Gasteiger charge is -2.12. The topological polar surface area (TPSA) is 116 Å². The van der Waals surface area contributed by atoms with Gasteiger partial charge in [0.2, 0.25) is 5.95 Å². The normalized spacial score (nSPS) is 13.7. The fourth-order valence-corrected chi connectivity index (χ4v) is 4.02. The fourth-order valence-electron chi connectivity index (χ4n) is 3.73. The zero-order chi connectivity index (χ0) is 21.2. The third-order valence-electron chi connectivity index (χ3n) is 5.27. The molecule has 4 aromatic rings. The number of benzene rings is 2. The predicted molar refractivity (Wildman–Crippen MR) is 115 cm³/mol. The lowest BCUT2D eigenvalue weighted by Crippen LogP contribution is -2.15. The molecule has 1 atom stereocenters. The van der Waals surface area contributed by atoms with Gasteiger partial charge in [-0.15, -0.1) is 10.2 Å². The van der Waals surface area contributed by atoms with Crippen molar-refractivity contribution in [2.45, 2.75) is 19.5 Å². The van der Waals surface area contributed by atoms with E-state index in [0.717, 1.165) is 35.5 Å². The third-order valence-corrected chi connectivity index (χ3v) is 5.65. The highest BCUT2D eigenvalue weighted by molar-refractivity contribution is 7.77. The van der Waals surface area contributed by atoms with Crippen molar-refractivity contribution in [3.05, 3.63) is 71.7 Å². The standard InChI is InChI=1S/C21H20N6O3S/c28-31(29)25-10-14-4-6-15(7-5-14)18-12-23-21(27-13-24-26-20(18)27)22-11-16-2-1-3-19-17(16)8-9-30-19/h1-7,12-13,25H,8-11H2,(H,22,23)(H,28,29)/p-1. The molecule has 1 aliphatic rings. The molecular weight excluding hydrogens is 416 g/mol. The molecule has 0 radical (unpaired) electrons. The SMILES string of the molecule is O=S([O-])NCc1ccc(-c2cnc(NCc3cccc4c3CCO4)n3cnnc23)cc1. The number of anilines is 1. The molecule has 2 N–H and O–H groups in total. The molecule has 0 saturated carbocycles. The molecule has 0 saturated heterocycles.